The largest absolute Gasteiger partial charge is 0.316 e. The van der Waals surface area contributed by atoms with E-state index in [0.29, 0.717) is 12.0 Å². The summed E-state index contributed by atoms with van der Waals surface area (Å²) in [7, 11) is 1.92. The zero-order chi connectivity index (χ0) is 13.9. The maximum absolute atomic E-state index is 13.8. The molecule has 0 aromatic heterocycles. The highest BCUT2D eigenvalue weighted by Crippen LogP contribution is 2.39. The van der Waals surface area contributed by atoms with E-state index < -0.39 is 0 Å². The Bertz CT molecular complexity index is 425. The molecule has 2 rings (SSSR count). The van der Waals surface area contributed by atoms with Crippen molar-refractivity contribution in [2.45, 2.75) is 51.5 Å². The molecule has 0 amide bonds. The molecule has 0 radical (unpaired) electrons. The fourth-order valence-electron chi connectivity index (χ4n) is 3.32. The van der Waals surface area contributed by atoms with E-state index in [0.717, 1.165) is 12.8 Å². The molecule has 0 saturated heterocycles. The zero-order valence-corrected chi connectivity index (χ0v) is 11.8. The van der Waals surface area contributed by atoms with Crippen LogP contribution < -0.4 is 5.32 Å². The van der Waals surface area contributed by atoms with Gasteiger partial charge >= 0.3 is 0 Å². The van der Waals surface area contributed by atoms with Gasteiger partial charge < -0.3 is 5.32 Å². The summed E-state index contributed by atoms with van der Waals surface area (Å²) >= 11 is 0. The molecule has 0 bridgehead atoms. The van der Waals surface area contributed by atoms with Crippen molar-refractivity contribution in [2.75, 3.05) is 7.05 Å². The molecule has 1 aromatic carbocycles. The number of rotatable bonds is 4. The minimum atomic E-state index is -0.361. The molecular formula is C16H23F2N. The van der Waals surface area contributed by atoms with E-state index in [1.54, 1.807) is 0 Å². The van der Waals surface area contributed by atoms with Crippen LogP contribution in [0.2, 0.25) is 0 Å². The van der Waals surface area contributed by atoms with Crippen molar-refractivity contribution in [3.8, 4) is 0 Å². The topological polar surface area (TPSA) is 12.0 Å². The second kappa shape index (κ2) is 6.00. The third-order valence-corrected chi connectivity index (χ3v) is 4.62. The number of halogens is 2. The van der Waals surface area contributed by atoms with E-state index in [1.807, 2.05) is 7.05 Å². The molecule has 1 aromatic rings. The van der Waals surface area contributed by atoms with Crippen molar-refractivity contribution in [1.82, 2.24) is 5.32 Å². The lowest BCUT2D eigenvalue weighted by atomic mass is 9.69. The van der Waals surface area contributed by atoms with Crippen LogP contribution in [0.1, 0.15) is 44.6 Å². The molecule has 0 spiro atoms. The average Bonchev–Trinajstić information content (AvgIpc) is 2.40. The van der Waals surface area contributed by atoms with Crippen LogP contribution >= 0.6 is 0 Å². The Labute approximate surface area is 114 Å². The minimum Gasteiger partial charge on any atom is -0.316 e. The first-order valence-electron chi connectivity index (χ1n) is 7.16. The van der Waals surface area contributed by atoms with E-state index in [-0.39, 0.29) is 23.1 Å². The van der Waals surface area contributed by atoms with Gasteiger partial charge in [-0.05, 0) is 55.5 Å². The van der Waals surface area contributed by atoms with Crippen molar-refractivity contribution in [3.05, 3.63) is 35.4 Å². The summed E-state index contributed by atoms with van der Waals surface area (Å²) in [6.45, 7) is 2.27. The fraction of sp³-hybridized carbons (Fsp3) is 0.625. The number of benzene rings is 1. The lowest BCUT2D eigenvalue weighted by Gasteiger charge is -2.41. The van der Waals surface area contributed by atoms with Crippen LogP contribution in [0.4, 0.5) is 8.78 Å². The van der Waals surface area contributed by atoms with E-state index >= 15 is 0 Å². The molecule has 1 unspecified atom stereocenters. The highest BCUT2D eigenvalue weighted by atomic mass is 19.1. The molecular weight excluding hydrogens is 244 g/mol. The van der Waals surface area contributed by atoms with E-state index in [2.05, 4.69) is 12.2 Å². The molecule has 1 nitrogen and oxygen atoms in total. The highest BCUT2D eigenvalue weighted by Gasteiger charge is 2.34. The van der Waals surface area contributed by atoms with Crippen molar-refractivity contribution in [3.63, 3.8) is 0 Å². The van der Waals surface area contributed by atoms with Gasteiger partial charge in [0.25, 0.3) is 0 Å². The van der Waals surface area contributed by atoms with Gasteiger partial charge in [0.1, 0.15) is 11.6 Å². The second-order valence-electron chi connectivity index (χ2n) is 6.00. The maximum Gasteiger partial charge on any atom is 0.126 e. The van der Waals surface area contributed by atoms with Crippen LogP contribution in [0.25, 0.3) is 0 Å². The van der Waals surface area contributed by atoms with Crippen LogP contribution in [0, 0.1) is 17.0 Å². The highest BCUT2D eigenvalue weighted by molar-refractivity contribution is 5.20. The van der Waals surface area contributed by atoms with Crippen molar-refractivity contribution in [2.24, 2.45) is 5.41 Å². The molecule has 0 heterocycles. The number of nitrogens with one attached hydrogen (secondary N) is 1. The predicted molar refractivity (Wildman–Crippen MR) is 74.1 cm³/mol. The summed E-state index contributed by atoms with van der Waals surface area (Å²) in [5.74, 6) is -0.666. The zero-order valence-electron chi connectivity index (χ0n) is 11.8. The monoisotopic (exact) mass is 267 g/mol. The minimum absolute atomic E-state index is 0.186. The molecule has 1 N–H and O–H groups in total. The smallest absolute Gasteiger partial charge is 0.126 e. The van der Waals surface area contributed by atoms with Crippen LogP contribution in [0.15, 0.2) is 18.2 Å². The summed E-state index contributed by atoms with van der Waals surface area (Å²) < 4.78 is 27.0. The van der Waals surface area contributed by atoms with Gasteiger partial charge in [-0.1, -0.05) is 26.2 Å². The Morgan fingerprint density at radius 1 is 1.21 bits per heavy atom. The summed E-state index contributed by atoms with van der Waals surface area (Å²) in [6, 6.07) is 3.92. The third kappa shape index (κ3) is 3.33. The standard InChI is InChI=1S/C16H23F2N/c1-16(8-4-3-5-9-16)15(19-2)11-12-10-13(17)6-7-14(12)18/h6-7,10,15,19H,3-5,8-9,11H2,1-2H3. The molecule has 1 saturated carbocycles. The normalized spacial score (nSPS) is 20.2. The molecule has 1 aliphatic rings. The molecule has 1 fully saturated rings. The van der Waals surface area contributed by atoms with Gasteiger partial charge in [0.15, 0.2) is 0 Å². The fourth-order valence-corrected chi connectivity index (χ4v) is 3.32. The summed E-state index contributed by atoms with van der Waals surface area (Å²) in [5.41, 5.74) is 0.664. The van der Waals surface area contributed by atoms with Crippen LogP contribution in [0.3, 0.4) is 0 Å². The Hall–Kier alpha value is -0.960. The first-order chi connectivity index (χ1) is 9.05. The third-order valence-electron chi connectivity index (χ3n) is 4.62. The number of likely N-dealkylation sites (N-methyl/N-ethyl adjacent to an activating group) is 1. The van der Waals surface area contributed by atoms with Crippen LogP contribution in [-0.2, 0) is 6.42 Å². The summed E-state index contributed by atoms with van der Waals surface area (Å²) in [6.07, 6.45) is 6.64. The maximum atomic E-state index is 13.8. The Kier molecular flexibility index (Phi) is 4.56. The lowest BCUT2D eigenvalue weighted by molar-refractivity contribution is 0.148. The van der Waals surface area contributed by atoms with Gasteiger partial charge in [-0.25, -0.2) is 8.78 Å². The van der Waals surface area contributed by atoms with Crippen molar-refractivity contribution < 1.29 is 8.78 Å². The van der Waals surface area contributed by atoms with Gasteiger partial charge in [0, 0.05) is 6.04 Å². The number of hydrogen-bond donors (Lipinski definition) is 1. The first-order valence-corrected chi connectivity index (χ1v) is 7.16. The Morgan fingerprint density at radius 2 is 1.89 bits per heavy atom. The van der Waals surface area contributed by atoms with E-state index in [1.165, 1.54) is 37.5 Å². The van der Waals surface area contributed by atoms with Crippen molar-refractivity contribution in [1.29, 1.82) is 0 Å². The second-order valence-corrected chi connectivity index (χ2v) is 6.00. The molecule has 3 heteroatoms. The van der Waals surface area contributed by atoms with Gasteiger partial charge in [-0.15, -0.1) is 0 Å². The van der Waals surface area contributed by atoms with Gasteiger partial charge in [-0.3, -0.25) is 0 Å². The van der Waals surface area contributed by atoms with Crippen molar-refractivity contribution >= 4 is 0 Å². The van der Waals surface area contributed by atoms with Gasteiger partial charge in [0.05, 0.1) is 0 Å². The molecule has 106 valence electrons. The van der Waals surface area contributed by atoms with Gasteiger partial charge in [0.2, 0.25) is 0 Å². The predicted octanol–water partition coefficient (Wildman–Crippen LogP) is 4.07. The van der Waals surface area contributed by atoms with E-state index in [4.69, 9.17) is 0 Å². The lowest BCUT2D eigenvalue weighted by Crippen LogP contribution is -2.44. The van der Waals surface area contributed by atoms with Crippen LogP contribution in [-0.4, -0.2) is 13.1 Å². The molecule has 19 heavy (non-hydrogen) atoms. The average molecular weight is 267 g/mol. The SMILES string of the molecule is CNC(Cc1cc(F)ccc1F)C1(C)CCCCC1. The molecule has 1 aliphatic carbocycles. The van der Waals surface area contributed by atoms with Crippen LogP contribution in [0.5, 0.6) is 0 Å². The molecule has 1 atom stereocenters. The Morgan fingerprint density at radius 3 is 2.53 bits per heavy atom. The quantitative estimate of drug-likeness (QED) is 0.867. The summed E-state index contributed by atoms with van der Waals surface area (Å²) in [4.78, 5) is 0. The molecule has 0 aliphatic heterocycles. The first kappa shape index (κ1) is 14.4. The summed E-state index contributed by atoms with van der Waals surface area (Å²) in [5, 5.41) is 3.32. The Balaban J connectivity index is 2.16. The number of hydrogen-bond acceptors (Lipinski definition) is 1. The van der Waals surface area contributed by atoms with Gasteiger partial charge in [-0.2, -0.15) is 0 Å². The van der Waals surface area contributed by atoms with E-state index in [9.17, 15) is 8.78 Å².